The Labute approximate surface area is 172 Å². The Morgan fingerprint density at radius 3 is 2.14 bits per heavy atom. The lowest BCUT2D eigenvalue weighted by molar-refractivity contribution is -0.121. The number of aryl methyl sites for hydroxylation is 1. The Morgan fingerprint density at radius 2 is 1.61 bits per heavy atom. The van der Waals surface area contributed by atoms with Crippen molar-refractivity contribution in [3.8, 4) is 0 Å². The first kappa shape index (κ1) is 22.4. The van der Waals surface area contributed by atoms with Gasteiger partial charge in [0.05, 0.1) is 11.4 Å². The van der Waals surface area contributed by atoms with E-state index < -0.39 is 10.0 Å². The molecule has 1 amide bonds. The lowest BCUT2D eigenvalue weighted by Gasteiger charge is -2.24. The van der Waals surface area contributed by atoms with Gasteiger partial charge in [0, 0.05) is 18.1 Å². The van der Waals surface area contributed by atoms with Crippen LogP contribution in [0.4, 0.5) is 0 Å². The van der Waals surface area contributed by atoms with Crippen molar-refractivity contribution < 1.29 is 13.2 Å². The molecular weight excluding hydrogens is 396 g/mol. The van der Waals surface area contributed by atoms with E-state index in [1.54, 1.807) is 48.5 Å². The third-order valence-electron chi connectivity index (χ3n) is 4.07. The summed E-state index contributed by atoms with van der Waals surface area (Å²) in [6.07, 6.45) is 0. The van der Waals surface area contributed by atoms with Crippen molar-refractivity contribution >= 4 is 27.5 Å². The lowest BCUT2D eigenvalue weighted by atomic mass is 9.97. The van der Waals surface area contributed by atoms with Crippen molar-refractivity contribution in [2.45, 2.75) is 39.1 Å². The van der Waals surface area contributed by atoms with Crippen molar-refractivity contribution in [1.82, 2.24) is 9.62 Å². The zero-order valence-corrected chi connectivity index (χ0v) is 18.3. The van der Waals surface area contributed by atoms with Crippen LogP contribution in [0.3, 0.4) is 0 Å². The van der Waals surface area contributed by atoms with E-state index in [1.165, 1.54) is 4.31 Å². The van der Waals surface area contributed by atoms with Gasteiger partial charge in [0.1, 0.15) is 0 Å². The molecular formula is C21H27ClN2O3S. The highest BCUT2D eigenvalue weighted by Gasteiger charge is 2.27. The van der Waals surface area contributed by atoms with Crippen LogP contribution in [0, 0.1) is 12.3 Å². The zero-order chi connectivity index (χ0) is 20.9. The van der Waals surface area contributed by atoms with Crippen LogP contribution in [0.25, 0.3) is 0 Å². The van der Waals surface area contributed by atoms with Gasteiger partial charge in [-0.15, -0.1) is 0 Å². The smallest absolute Gasteiger partial charge is 0.243 e. The number of nitrogens with one attached hydrogen (secondary N) is 1. The number of carbonyl (C=O) groups excluding carboxylic acids is 1. The summed E-state index contributed by atoms with van der Waals surface area (Å²) in [5, 5.41) is 3.38. The van der Waals surface area contributed by atoms with Gasteiger partial charge in [-0.2, -0.15) is 4.31 Å². The minimum atomic E-state index is -3.84. The summed E-state index contributed by atoms with van der Waals surface area (Å²) in [7, 11) is -3.84. The van der Waals surface area contributed by atoms with Crippen LogP contribution in [0.1, 0.15) is 31.9 Å². The van der Waals surface area contributed by atoms with E-state index in [0.717, 1.165) is 11.1 Å². The van der Waals surface area contributed by atoms with Crippen molar-refractivity contribution in [2.75, 3.05) is 13.1 Å². The molecule has 0 saturated carbocycles. The average Bonchev–Trinajstić information content (AvgIpc) is 2.61. The minimum absolute atomic E-state index is 0.0797. The summed E-state index contributed by atoms with van der Waals surface area (Å²) in [5.41, 5.74) is 1.63. The highest BCUT2D eigenvalue weighted by Crippen LogP contribution is 2.20. The van der Waals surface area contributed by atoms with Crippen LogP contribution in [-0.2, 0) is 21.4 Å². The zero-order valence-electron chi connectivity index (χ0n) is 16.7. The molecule has 0 saturated heterocycles. The number of hydrogen-bond donors (Lipinski definition) is 1. The summed E-state index contributed by atoms with van der Waals surface area (Å²) in [6, 6.07) is 13.5. The molecule has 7 heteroatoms. The van der Waals surface area contributed by atoms with Gasteiger partial charge in [0.2, 0.25) is 15.9 Å². The predicted octanol–water partition coefficient (Wildman–Crippen LogP) is 4.00. The fourth-order valence-corrected chi connectivity index (χ4v) is 3.97. The molecule has 2 aromatic carbocycles. The summed E-state index contributed by atoms with van der Waals surface area (Å²) in [4.78, 5) is 12.6. The second kappa shape index (κ2) is 9.07. The number of benzene rings is 2. The van der Waals surface area contributed by atoms with E-state index in [4.69, 9.17) is 11.6 Å². The fourth-order valence-electron chi connectivity index (χ4n) is 2.46. The van der Waals surface area contributed by atoms with Gasteiger partial charge in [-0.25, -0.2) is 8.42 Å². The topological polar surface area (TPSA) is 66.5 Å². The number of sulfonamides is 1. The van der Waals surface area contributed by atoms with Crippen LogP contribution in [0.5, 0.6) is 0 Å². The minimum Gasteiger partial charge on any atom is -0.354 e. The van der Waals surface area contributed by atoms with Gasteiger partial charge < -0.3 is 5.32 Å². The van der Waals surface area contributed by atoms with Gasteiger partial charge in [-0.05, 0) is 42.2 Å². The summed E-state index contributed by atoms with van der Waals surface area (Å²) in [5.74, 6) is -0.334. The number of rotatable bonds is 7. The molecule has 0 spiro atoms. The standard InChI is InChI=1S/C21H27ClN2O3S/c1-16-5-11-19(12-6-16)28(26,27)24(13-17-7-9-18(22)10-8-17)14-20(25)23-15-21(2,3)4/h5-12H,13-15H2,1-4H3,(H,23,25). The summed E-state index contributed by atoms with van der Waals surface area (Å²) in [6.45, 7) is 8.18. The molecule has 0 aliphatic carbocycles. The second-order valence-electron chi connectivity index (χ2n) is 8.05. The third-order valence-corrected chi connectivity index (χ3v) is 6.12. The molecule has 28 heavy (non-hydrogen) atoms. The van der Waals surface area contributed by atoms with Gasteiger partial charge >= 0.3 is 0 Å². The first-order valence-electron chi connectivity index (χ1n) is 9.05. The van der Waals surface area contributed by atoms with Gasteiger partial charge in [0.15, 0.2) is 0 Å². The SMILES string of the molecule is Cc1ccc(S(=O)(=O)N(CC(=O)NCC(C)(C)C)Cc2ccc(Cl)cc2)cc1. The van der Waals surface area contributed by atoms with E-state index in [-0.39, 0.29) is 29.3 Å². The lowest BCUT2D eigenvalue weighted by Crippen LogP contribution is -2.42. The first-order valence-corrected chi connectivity index (χ1v) is 10.9. The number of nitrogens with zero attached hydrogens (tertiary/aromatic N) is 1. The molecule has 0 aliphatic heterocycles. The average molecular weight is 423 g/mol. The molecule has 0 heterocycles. The maximum atomic E-state index is 13.2. The van der Waals surface area contributed by atoms with E-state index in [1.807, 2.05) is 27.7 Å². The van der Waals surface area contributed by atoms with Crippen LogP contribution in [0.2, 0.25) is 5.02 Å². The summed E-state index contributed by atoms with van der Waals surface area (Å²) < 4.78 is 27.5. The van der Waals surface area contributed by atoms with E-state index in [2.05, 4.69) is 5.32 Å². The van der Waals surface area contributed by atoms with Crippen LogP contribution >= 0.6 is 11.6 Å². The Balaban J connectivity index is 2.28. The maximum Gasteiger partial charge on any atom is 0.243 e. The van der Waals surface area contributed by atoms with Crippen molar-refractivity contribution in [2.24, 2.45) is 5.41 Å². The molecule has 2 rings (SSSR count). The normalized spacial score (nSPS) is 12.2. The van der Waals surface area contributed by atoms with Gasteiger partial charge in [0.25, 0.3) is 0 Å². The van der Waals surface area contributed by atoms with E-state index in [9.17, 15) is 13.2 Å². The van der Waals surface area contributed by atoms with Gasteiger partial charge in [-0.1, -0.05) is 62.2 Å². The summed E-state index contributed by atoms with van der Waals surface area (Å²) >= 11 is 5.92. The van der Waals surface area contributed by atoms with Crippen molar-refractivity contribution in [3.05, 3.63) is 64.7 Å². The molecule has 0 fully saturated rings. The highest BCUT2D eigenvalue weighted by atomic mass is 35.5. The number of carbonyl (C=O) groups is 1. The highest BCUT2D eigenvalue weighted by molar-refractivity contribution is 7.89. The largest absolute Gasteiger partial charge is 0.354 e. The molecule has 0 aliphatic rings. The van der Waals surface area contributed by atoms with E-state index >= 15 is 0 Å². The molecule has 0 radical (unpaired) electrons. The Hall–Kier alpha value is -1.89. The molecule has 0 bridgehead atoms. The third kappa shape index (κ3) is 6.62. The second-order valence-corrected chi connectivity index (χ2v) is 10.4. The quantitative estimate of drug-likeness (QED) is 0.733. The number of amides is 1. The van der Waals surface area contributed by atoms with E-state index in [0.29, 0.717) is 11.6 Å². The molecule has 1 N–H and O–H groups in total. The number of halogens is 1. The maximum absolute atomic E-state index is 13.2. The molecule has 0 aromatic heterocycles. The Kier molecular flexibility index (Phi) is 7.26. The predicted molar refractivity (Wildman–Crippen MR) is 113 cm³/mol. The Morgan fingerprint density at radius 1 is 1.04 bits per heavy atom. The first-order chi connectivity index (χ1) is 13.0. The molecule has 5 nitrogen and oxygen atoms in total. The molecule has 0 unspecified atom stereocenters. The molecule has 0 atom stereocenters. The van der Waals surface area contributed by atoms with Gasteiger partial charge in [-0.3, -0.25) is 4.79 Å². The van der Waals surface area contributed by atoms with Crippen LogP contribution in [-0.4, -0.2) is 31.7 Å². The fraction of sp³-hybridized carbons (Fsp3) is 0.381. The van der Waals surface area contributed by atoms with Crippen LogP contribution in [0.15, 0.2) is 53.4 Å². The van der Waals surface area contributed by atoms with Crippen molar-refractivity contribution in [1.29, 1.82) is 0 Å². The monoisotopic (exact) mass is 422 g/mol. The van der Waals surface area contributed by atoms with Crippen LogP contribution < -0.4 is 5.32 Å². The molecule has 2 aromatic rings. The molecule has 152 valence electrons. The Bertz CT molecular complexity index is 902. The number of hydrogen-bond acceptors (Lipinski definition) is 3. The van der Waals surface area contributed by atoms with Crippen molar-refractivity contribution in [3.63, 3.8) is 0 Å².